The summed E-state index contributed by atoms with van der Waals surface area (Å²) in [5.74, 6) is -0.104. The number of amides is 2. The number of rotatable bonds is 4. The number of carbonyl (C=O) groups is 2. The first-order valence-corrected chi connectivity index (χ1v) is 6.75. The van der Waals surface area contributed by atoms with Crippen molar-refractivity contribution in [3.63, 3.8) is 0 Å². The first kappa shape index (κ1) is 14.5. The number of hydrogen-bond donors (Lipinski definition) is 2. The van der Waals surface area contributed by atoms with E-state index in [0.717, 1.165) is 11.3 Å². The van der Waals surface area contributed by atoms with Gasteiger partial charge >= 0.3 is 0 Å². The molecule has 2 amide bonds. The molecule has 6 heteroatoms. The number of aromatic nitrogens is 1. The molecule has 20 heavy (non-hydrogen) atoms. The van der Waals surface area contributed by atoms with E-state index in [1.165, 1.54) is 0 Å². The molecule has 6 nitrogen and oxygen atoms in total. The van der Waals surface area contributed by atoms with E-state index >= 15 is 0 Å². The van der Waals surface area contributed by atoms with Gasteiger partial charge in [0.1, 0.15) is 0 Å². The predicted molar refractivity (Wildman–Crippen MR) is 75.0 cm³/mol. The Hall–Kier alpha value is -1.95. The van der Waals surface area contributed by atoms with Gasteiger partial charge in [0, 0.05) is 25.0 Å². The largest absolute Gasteiger partial charge is 0.354 e. The summed E-state index contributed by atoms with van der Waals surface area (Å²) in [6.07, 6.45) is 1.77. The van der Waals surface area contributed by atoms with Gasteiger partial charge in [-0.25, -0.2) is 0 Å². The number of hydrogen-bond acceptors (Lipinski definition) is 4. The fourth-order valence-electron chi connectivity index (χ4n) is 2.14. The summed E-state index contributed by atoms with van der Waals surface area (Å²) in [6, 6.07) is 3.79. The van der Waals surface area contributed by atoms with Gasteiger partial charge < -0.3 is 10.6 Å². The Morgan fingerprint density at radius 3 is 3.00 bits per heavy atom. The molecule has 0 saturated carbocycles. The minimum atomic E-state index is -0.0887. The molecule has 0 aromatic carbocycles. The number of nitrogens with one attached hydrogen (secondary N) is 2. The van der Waals surface area contributed by atoms with Gasteiger partial charge in [0.2, 0.25) is 11.8 Å². The Kier molecular flexibility index (Phi) is 4.68. The van der Waals surface area contributed by atoms with Gasteiger partial charge in [-0.2, -0.15) is 0 Å². The van der Waals surface area contributed by atoms with Crippen LogP contribution in [0.2, 0.25) is 0 Å². The van der Waals surface area contributed by atoms with Crippen molar-refractivity contribution in [2.24, 2.45) is 0 Å². The van der Waals surface area contributed by atoms with E-state index in [-0.39, 0.29) is 30.9 Å². The van der Waals surface area contributed by atoms with Gasteiger partial charge in [-0.3, -0.25) is 19.5 Å². The smallest absolute Gasteiger partial charge is 0.234 e. The SMILES string of the molecule is Cc1ccc(C(C)NC(=O)CN2CCNC(=O)C2)cn1. The molecule has 0 radical (unpaired) electrons. The second-order valence-corrected chi connectivity index (χ2v) is 5.08. The highest BCUT2D eigenvalue weighted by atomic mass is 16.2. The van der Waals surface area contributed by atoms with Crippen LogP contribution in [-0.4, -0.2) is 47.9 Å². The third kappa shape index (κ3) is 4.03. The molecule has 1 saturated heterocycles. The van der Waals surface area contributed by atoms with Gasteiger partial charge in [0.05, 0.1) is 19.1 Å². The van der Waals surface area contributed by atoms with E-state index in [1.807, 2.05) is 30.9 Å². The molecule has 1 aromatic heterocycles. The molecule has 2 N–H and O–H groups in total. The molecule has 0 spiro atoms. The maximum Gasteiger partial charge on any atom is 0.234 e. The molecule has 0 bridgehead atoms. The average Bonchev–Trinajstić information content (AvgIpc) is 2.39. The fraction of sp³-hybridized carbons (Fsp3) is 0.500. The zero-order chi connectivity index (χ0) is 14.5. The lowest BCUT2D eigenvalue weighted by Crippen LogP contribution is -2.50. The van der Waals surface area contributed by atoms with Crippen molar-refractivity contribution in [1.82, 2.24) is 20.5 Å². The number of nitrogens with zero attached hydrogens (tertiary/aromatic N) is 2. The van der Waals surface area contributed by atoms with Crippen LogP contribution in [0, 0.1) is 6.92 Å². The molecule has 1 aromatic rings. The van der Waals surface area contributed by atoms with Crippen LogP contribution in [0.4, 0.5) is 0 Å². The highest BCUT2D eigenvalue weighted by molar-refractivity contribution is 5.82. The summed E-state index contributed by atoms with van der Waals surface area (Å²) in [5, 5.41) is 5.66. The highest BCUT2D eigenvalue weighted by Gasteiger charge is 2.19. The van der Waals surface area contributed by atoms with Crippen molar-refractivity contribution in [2.45, 2.75) is 19.9 Å². The Morgan fingerprint density at radius 1 is 1.55 bits per heavy atom. The van der Waals surface area contributed by atoms with E-state index in [4.69, 9.17) is 0 Å². The van der Waals surface area contributed by atoms with E-state index in [2.05, 4.69) is 15.6 Å². The molecular formula is C14H20N4O2. The van der Waals surface area contributed by atoms with E-state index < -0.39 is 0 Å². The first-order valence-electron chi connectivity index (χ1n) is 6.75. The lowest BCUT2D eigenvalue weighted by Gasteiger charge is -2.26. The average molecular weight is 276 g/mol. The molecule has 1 aliphatic heterocycles. The first-order chi connectivity index (χ1) is 9.54. The fourth-order valence-corrected chi connectivity index (χ4v) is 2.14. The summed E-state index contributed by atoms with van der Waals surface area (Å²) in [5.41, 5.74) is 1.92. The highest BCUT2D eigenvalue weighted by Crippen LogP contribution is 2.10. The summed E-state index contributed by atoms with van der Waals surface area (Å²) < 4.78 is 0. The van der Waals surface area contributed by atoms with Crippen LogP contribution < -0.4 is 10.6 Å². The van der Waals surface area contributed by atoms with Crippen molar-refractivity contribution in [2.75, 3.05) is 26.2 Å². The van der Waals surface area contributed by atoms with Crippen molar-refractivity contribution < 1.29 is 9.59 Å². The van der Waals surface area contributed by atoms with Gasteiger partial charge in [0.25, 0.3) is 0 Å². The minimum absolute atomic E-state index is 0.0279. The number of pyridine rings is 1. The van der Waals surface area contributed by atoms with E-state index in [9.17, 15) is 9.59 Å². The molecule has 2 heterocycles. The van der Waals surface area contributed by atoms with Gasteiger partial charge in [-0.1, -0.05) is 6.07 Å². The Balaban J connectivity index is 1.84. The van der Waals surface area contributed by atoms with Crippen LogP contribution in [0.25, 0.3) is 0 Å². The van der Waals surface area contributed by atoms with E-state index in [1.54, 1.807) is 6.20 Å². The van der Waals surface area contributed by atoms with Crippen molar-refractivity contribution in [3.8, 4) is 0 Å². The molecule has 0 aliphatic carbocycles. The third-order valence-electron chi connectivity index (χ3n) is 3.30. The molecule has 1 aliphatic rings. The number of carbonyl (C=O) groups excluding carboxylic acids is 2. The zero-order valence-corrected chi connectivity index (χ0v) is 11.8. The third-order valence-corrected chi connectivity index (χ3v) is 3.30. The zero-order valence-electron chi connectivity index (χ0n) is 11.8. The molecule has 1 atom stereocenters. The summed E-state index contributed by atoms with van der Waals surface area (Å²) in [6.45, 7) is 5.69. The lowest BCUT2D eigenvalue weighted by atomic mass is 10.1. The quantitative estimate of drug-likeness (QED) is 0.812. The van der Waals surface area contributed by atoms with Crippen LogP contribution in [0.1, 0.15) is 24.2 Å². The van der Waals surface area contributed by atoms with Crippen molar-refractivity contribution in [1.29, 1.82) is 0 Å². The molecular weight excluding hydrogens is 256 g/mol. The normalized spacial score (nSPS) is 17.4. The maximum atomic E-state index is 12.0. The van der Waals surface area contributed by atoms with Crippen LogP contribution in [0.3, 0.4) is 0 Å². The number of piperazine rings is 1. The van der Waals surface area contributed by atoms with Gasteiger partial charge in [0.15, 0.2) is 0 Å². The number of aryl methyl sites for hydroxylation is 1. The minimum Gasteiger partial charge on any atom is -0.354 e. The predicted octanol–water partition coefficient (Wildman–Crippen LogP) is -0.000980. The standard InChI is InChI=1S/C14H20N4O2/c1-10-3-4-12(7-16-10)11(2)17-14(20)9-18-6-5-15-13(19)8-18/h3-4,7,11H,5-6,8-9H2,1-2H3,(H,15,19)(H,17,20). The summed E-state index contributed by atoms with van der Waals surface area (Å²) in [7, 11) is 0. The van der Waals surface area contributed by atoms with Crippen LogP contribution in [0.15, 0.2) is 18.3 Å². The Morgan fingerprint density at radius 2 is 2.35 bits per heavy atom. The van der Waals surface area contributed by atoms with Crippen LogP contribution in [0.5, 0.6) is 0 Å². The van der Waals surface area contributed by atoms with Crippen molar-refractivity contribution >= 4 is 11.8 Å². The maximum absolute atomic E-state index is 12.0. The van der Waals surface area contributed by atoms with Crippen molar-refractivity contribution in [3.05, 3.63) is 29.6 Å². The van der Waals surface area contributed by atoms with Gasteiger partial charge in [-0.05, 0) is 25.5 Å². The Bertz CT molecular complexity index is 486. The molecule has 2 rings (SSSR count). The van der Waals surface area contributed by atoms with Gasteiger partial charge in [-0.15, -0.1) is 0 Å². The van der Waals surface area contributed by atoms with Crippen LogP contribution in [-0.2, 0) is 9.59 Å². The molecule has 108 valence electrons. The monoisotopic (exact) mass is 276 g/mol. The van der Waals surface area contributed by atoms with E-state index in [0.29, 0.717) is 13.1 Å². The lowest BCUT2D eigenvalue weighted by molar-refractivity contribution is -0.127. The molecule has 1 unspecified atom stereocenters. The summed E-state index contributed by atoms with van der Waals surface area (Å²) in [4.78, 5) is 29.3. The Labute approximate surface area is 118 Å². The topological polar surface area (TPSA) is 74.3 Å². The second-order valence-electron chi connectivity index (χ2n) is 5.08. The molecule has 1 fully saturated rings. The van der Waals surface area contributed by atoms with Crippen LogP contribution >= 0.6 is 0 Å². The second kappa shape index (κ2) is 6.47. The summed E-state index contributed by atoms with van der Waals surface area (Å²) >= 11 is 0.